The van der Waals surface area contributed by atoms with Crippen molar-refractivity contribution in [1.82, 2.24) is 0 Å². The molecule has 0 aliphatic heterocycles. The molecule has 0 atom stereocenters. The van der Waals surface area contributed by atoms with Crippen LogP contribution in [0.25, 0.3) is 0 Å². The van der Waals surface area contributed by atoms with E-state index in [1.165, 1.54) is 0 Å². The van der Waals surface area contributed by atoms with Gasteiger partial charge in [-0.2, -0.15) is 0 Å². The number of halogens is 4. The molecule has 12 heavy (non-hydrogen) atoms. The van der Waals surface area contributed by atoms with Crippen molar-refractivity contribution in [3.63, 3.8) is 0 Å². The Bertz CT molecular complexity index is 132. The van der Waals surface area contributed by atoms with Gasteiger partial charge in [-0.1, -0.05) is 75.9 Å². The zero-order chi connectivity index (χ0) is 10.1. The number of hydrogen-bond acceptors (Lipinski definition) is 1. The zero-order valence-electron chi connectivity index (χ0n) is 5.62. The van der Waals surface area contributed by atoms with Gasteiger partial charge in [0, 0.05) is 0 Å². The molecule has 0 radical (unpaired) electrons. The molecule has 0 amide bonds. The summed E-state index contributed by atoms with van der Waals surface area (Å²) in [7, 11) is 0. The van der Waals surface area contributed by atoms with Gasteiger partial charge in [0.05, 0.1) is 7.47 Å². The highest BCUT2D eigenvalue weighted by molar-refractivity contribution is 9.25. The topological polar surface area (TPSA) is 57.5 Å². The van der Waals surface area contributed by atoms with Gasteiger partial charge in [0.2, 0.25) is 0 Å². The number of carbonyl (C=O) groups is 1. The second-order valence-corrected chi connectivity index (χ2v) is 7.74. The zero-order valence-corrected chi connectivity index (χ0v) is 12.0. The van der Waals surface area contributed by atoms with Crippen LogP contribution in [0.1, 0.15) is 0 Å². The number of carboxylic acid groups (broad SMARTS) is 2. The van der Waals surface area contributed by atoms with E-state index in [1.807, 2.05) is 12.2 Å². The van der Waals surface area contributed by atoms with Gasteiger partial charge in [-0.15, -0.1) is 0 Å². The summed E-state index contributed by atoms with van der Waals surface area (Å²) in [6.07, 6.45) is 2.13. The summed E-state index contributed by atoms with van der Waals surface area (Å²) in [5, 5.41) is 13.9. The molecule has 0 heterocycles. The van der Waals surface area contributed by atoms with Crippen molar-refractivity contribution in [2.75, 3.05) is 0 Å². The first-order valence-corrected chi connectivity index (χ1v) is 6.19. The lowest BCUT2D eigenvalue weighted by molar-refractivity contribution is 0.137. The van der Waals surface area contributed by atoms with Crippen LogP contribution in [0.3, 0.4) is 0 Å². The lowest BCUT2D eigenvalue weighted by atomic mass is 10.6. The van der Waals surface area contributed by atoms with Gasteiger partial charge in [-0.25, -0.2) is 4.79 Å². The second kappa shape index (κ2) is 10.0. The molecule has 0 bridgehead atoms. The van der Waals surface area contributed by atoms with Gasteiger partial charge in [0.1, 0.15) is 0 Å². The average molecular weight is 434 g/mol. The molecule has 0 rings (SSSR count). The van der Waals surface area contributed by atoms with Crippen LogP contribution in [-0.4, -0.2) is 23.8 Å². The van der Waals surface area contributed by atoms with E-state index in [4.69, 9.17) is 15.0 Å². The molecule has 0 aromatic rings. The first kappa shape index (κ1) is 15.4. The fraction of sp³-hybridized carbons (Fsp3) is 0.400. The van der Waals surface area contributed by atoms with Crippen molar-refractivity contribution < 1.29 is 15.0 Å². The van der Waals surface area contributed by atoms with E-state index in [-0.39, 0.29) is 7.47 Å². The highest BCUT2D eigenvalue weighted by Gasteiger charge is 1.90. The minimum atomic E-state index is -1.83. The average Bonchev–Trinajstić information content (AvgIpc) is 1.82. The molecule has 0 aromatic heterocycles. The smallest absolute Gasteiger partial charge is 0.450 e. The fourth-order valence-electron chi connectivity index (χ4n) is 0.168. The molecular formula is C5H6Br4O3. The highest BCUT2D eigenvalue weighted by atomic mass is 79.9. The van der Waals surface area contributed by atoms with Gasteiger partial charge in [0.15, 0.2) is 0 Å². The van der Waals surface area contributed by atoms with Crippen molar-refractivity contribution in [1.29, 1.82) is 0 Å². The minimum Gasteiger partial charge on any atom is -0.450 e. The Morgan fingerprint density at radius 1 is 1.00 bits per heavy atom. The highest BCUT2D eigenvalue weighted by Crippen LogP contribution is 2.14. The van der Waals surface area contributed by atoms with Gasteiger partial charge >= 0.3 is 6.16 Å². The summed E-state index contributed by atoms with van der Waals surface area (Å²) in [6, 6.07) is 0. The van der Waals surface area contributed by atoms with Crippen molar-refractivity contribution in [2.24, 2.45) is 0 Å². The molecule has 0 aliphatic carbocycles. The fourth-order valence-corrected chi connectivity index (χ4v) is 0.873. The van der Waals surface area contributed by atoms with E-state index >= 15 is 0 Å². The van der Waals surface area contributed by atoms with Gasteiger partial charge in [-0.3, -0.25) is 0 Å². The van der Waals surface area contributed by atoms with Crippen LogP contribution in [0.5, 0.6) is 0 Å². The predicted octanol–water partition coefficient (Wildman–Crippen LogP) is 4.00. The molecule has 2 N–H and O–H groups in total. The van der Waals surface area contributed by atoms with Crippen LogP contribution in [0.4, 0.5) is 4.79 Å². The minimum absolute atomic E-state index is 0.271. The van der Waals surface area contributed by atoms with Crippen LogP contribution in [-0.2, 0) is 0 Å². The van der Waals surface area contributed by atoms with E-state index < -0.39 is 6.16 Å². The first-order valence-electron chi connectivity index (χ1n) is 2.52. The molecule has 0 fully saturated rings. The van der Waals surface area contributed by atoms with Crippen LogP contribution >= 0.6 is 63.7 Å². The third kappa shape index (κ3) is 30.6. The maximum atomic E-state index is 8.56. The monoisotopic (exact) mass is 430 g/mol. The van der Waals surface area contributed by atoms with Crippen molar-refractivity contribution in [3.05, 3.63) is 12.2 Å². The molecule has 3 nitrogen and oxygen atoms in total. The Hall–Kier alpha value is 0.930. The van der Waals surface area contributed by atoms with Crippen molar-refractivity contribution >= 4 is 69.9 Å². The number of alkyl halides is 4. The number of allylic oxidation sites excluding steroid dienone is 2. The SMILES string of the molecule is BrC(Br)C=CC(Br)Br.O=C(O)O. The summed E-state index contributed by atoms with van der Waals surface area (Å²) < 4.78 is 0.542. The van der Waals surface area contributed by atoms with Crippen LogP contribution < -0.4 is 0 Å². The largest absolute Gasteiger partial charge is 0.503 e. The van der Waals surface area contributed by atoms with E-state index in [0.717, 1.165) is 0 Å². The van der Waals surface area contributed by atoms with Crippen molar-refractivity contribution in [3.8, 4) is 0 Å². The third-order valence-electron chi connectivity index (χ3n) is 0.402. The standard InChI is InChI=1S/C4H4Br4.CH2O3/c5-3(6)1-2-4(7)8;2-1(3)4/h1-4H;(H2,2,3,4). The summed E-state index contributed by atoms with van der Waals surface area (Å²) in [4.78, 5) is 8.56. The number of hydrogen-bond donors (Lipinski definition) is 2. The maximum Gasteiger partial charge on any atom is 0.503 e. The summed E-state index contributed by atoms with van der Waals surface area (Å²) in [5.41, 5.74) is 0. The molecular weight excluding hydrogens is 428 g/mol. The molecule has 0 spiro atoms. The Kier molecular flexibility index (Phi) is 12.9. The van der Waals surface area contributed by atoms with E-state index in [0.29, 0.717) is 0 Å². The predicted molar refractivity (Wildman–Crippen MR) is 63.1 cm³/mol. The van der Waals surface area contributed by atoms with E-state index in [2.05, 4.69) is 63.7 Å². The van der Waals surface area contributed by atoms with Gasteiger partial charge in [-0.05, 0) is 0 Å². The Morgan fingerprint density at radius 3 is 1.25 bits per heavy atom. The van der Waals surface area contributed by atoms with Gasteiger partial charge in [0.25, 0.3) is 0 Å². The Balaban J connectivity index is 0. The quantitative estimate of drug-likeness (QED) is 0.511. The van der Waals surface area contributed by atoms with Crippen LogP contribution in [0, 0.1) is 0 Å². The van der Waals surface area contributed by atoms with Crippen LogP contribution in [0.15, 0.2) is 12.2 Å². The number of rotatable bonds is 2. The van der Waals surface area contributed by atoms with Crippen LogP contribution in [0.2, 0.25) is 0 Å². The molecule has 72 valence electrons. The maximum absolute atomic E-state index is 8.56. The molecule has 7 heteroatoms. The summed E-state index contributed by atoms with van der Waals surface area (Å²) >= 11 is 13.2. The van der Waals surface area contributed by atoms with Gasteiger partial charge < -0.3 is 10.2 Å². The molecule has 0 aliphatic rings. The Labute approximate surface area is 104 Å². The molecule has 0 saturated heterocycles. The van der Waals surface area contributed by atoms with E-state index in [9.17, 15) is 0 Å². The first-order chi connectivity index (χ1) is 5.36. The van der Waals surface area contributed by atoms with E-state index in [1.54, 1.807) is 0 Å². The van der Waals surface area contributed by atoms with Crippen molar-refractivity contribution in [2.45, 2.75) is 7.47 Å². The lowest BCUT2D eigenvalue weighted by Crippen LogP contribution is -1.81. The summed E-state index contributed by atoms with van der Waals surface area (Å²) in [5.74, 6) is 0. The second-order valence-electron chi connectivity index (χ2n) is 1.34. The lowest BCUT2D eigenvalue weighted by Gasteiger charge is -1.90. The molecule has 0 aromatic carbocycles. The molecule has 0 unspecified atom stereocenters. The third-order valence-corrected chi connectivity index (χ3v) is 1.62. The normalized spacial score (nSPS) is 10.2. The molecule has 0 saturated carbocycles. The summed E-state index contributed by atoms with van der Waals surface area (Å²) in [6.45, 7) is 0. The Morgan fingerprint density at radius 2 is 1.17 bits per heavy atom.